The molecule has 0 aliphatic heterocycles. The van der Waals surface area contributed by atoms with Gasteiger partial charge in [0.15, 0.2) is 0 Å². The summed E-state index contributed by atoms with van der Waals surface area (Å²) in [7, 11) is 1.64. The summed E-state index contributed by atoms with van der Waals surface area (Å²) >= 11 is 9.56. The van der Waals surface area contributed by atoms with E-state index in [2.05, 4.69) is 20.9 Å². The Hall–Kier alpha value is -1.10. The van der Waals surface area contributed by atoms with E-state index in [0.717, 1.165) is 21.3 Å². The molecule has 3 nitrogen and oxygen atoms in total. The molecule has 0 saturated carbocycles. The van der Waals surface area contributed by atoms with Gasteiger partial charge < -0.3 is 10.5 Å². The van der Waals surface area contributed by atoms with Crippen LogP contribution in [0.5, 0.6) is 5.75 Å². The summed E-state index contributed by atoms with van der Waals surface area (Å²) in [6.45, 7) is 0. The van der Waals surface area contributed by atoms with Gasteiger partial charge in [-0.1, -0.05) is 17.7 Å². The number of nitrogens with two attached hydrogens (primary N) is 1. The number of halogens is 2. The van der Waals surface area contributed by atoms with Crippen LogP contribution in [-0.2, 0) is 6.42 Å². The van der Waals surface area contributed by atoms with Crippen LogP contribution in [0, 0.1) is 0 Å². The van der Waals surface area contributed by atoms with E-state index in [4.69, 9.17) is 22.1 Å². The first-order valence-corrected chi connectivity index (χ1v) is 6.96. The molecule has 1 aromatic heterocycles. The first-order chi connectivity index (χ1) is 9.11. The fourth-order valence-corrected chi connectivity index (χ4v) is 2.73. The second kappa shape index (κ2) is 6.37. The van der Waals surface area contributed by atoms with Gasteiger partial charge in [-0.2, -0.15) is 0 Å². The maximum absolute atomic E-state index is 6.19. The van der Waals surface area contributed by atoms with Gasteiger partial charge in [0, 0.05) is 18.4 Å². The lowest BCUT2D eigenvalue weighted by molar-refractivity contribution is 0.412. The van der Waals surface area contributed by atoms with Crippen molar-refractivity contribution in [2.24, 2.45) is 5.73 Å². The predicted octanol–water partition coefficient (Wildman–Crippen LogP) is 3.75. The highest BCUT2D eigenvalue weighted by Gasteiger charge is 2.11. The fraction of sp³-hybridized carbons (Fsp3) is 0.214. The lowest BCUT2D eigenvalue weighted by Gasteiger charge is -2.14. The largest absolute Gasteiger partial charge is 0.496 e. The molecule has 100 valence electrons. The molecule has 0 aliphatic carbocycles. The maximum atomic E-state index is 6.19. The molecule has 5 heteroatoms. The van der Waals surface area contributed by atoms with Gasteiger partial charge in [-0.15, -0.1) is 0 Å². The average Bonchev–Trinajstić information content (AvgIpc) is 2.39. The highest BCUT2D eigenvalue weighted by molar-refractivity contribution is 9.10. The van der Waals surface area contributed by atoms with Crippen LogP contribution in [0.1, 0.15) is 17.2 Å². The lowest BCUT2D eigenvalue weighted by atomic mass is 10.0. The summed E-state index contributed by atoms with van der Waals surface area (Å²) < 4.78 is 6.12. The SMILES string of the molecule is COc1ccc(CC(N)c2ccncc2Cl)cc1Br. The van der Waals surface area contributed by atoms with Crippen LogP contribution in [0.4, 0.5) is 0 Å². The van der Waals surface area contributed by atoms with Crippen molar-refractivity contribution in [1.82, 2.24) is 4.98 Å². The zero-order chi connectivity index (χ0) is 13.8. The van der Waals surface area contributed by atoms with Gasteiger partial charge in [0.1, 0.15) is 5.75 Å². The summed E-state index contributed by atoms with van der Waals surface area (Å²) in [6.07, 6.45) is 4.01. The number of hydrogen-bond donors (Lipinski definition) is 1. The minimum absolute atomic E-state index is 0.157. The number of methoxy groups -OCH3 is 1. The Bertz CT molecular complexity index is 577. The summed E-state index contributed by atoms with van der Waals surface area (Å²) in [5.41, 5.74) is 8.21. The topological polar surface area (TPSA) is 48.1 Å². The lowest BCUT2D eigenvalue weighted by Crippen LogP contribution is -2.14. The number of hydrogen-bond acceptors (Lipinski definition) is 3. The predicted molar refractivity (Wildman–Crippen MR) is 80.6 cm³/mol. The molecule has 0 amide bonds. The summed E-state index contributed by atoms with van der Waals surface area (Å²) in [5, 5.41) is 0.600. The smallest absolute Gasteiger partial charge is 0.133 e. The molecule has 1 atom stereocenters. The van der Waals surface area contributed by atoms with Gasteiger partial charge in [-0.25, -0.2) is 0 Å². The van der Waals surface area contributed by atoms with Crippen LogP contribution in [0.3, 0.4) is 0 Å². The number of benzene rings is 1. The van der Waals surface area contributed by atoms with Crippen LogP contribution in [0.2, 0.25) is 5.02 Å². The Kier molecular flexibility index (Phi) is 4.80. The monoisotopic (exact) mass is 340 g/mol. The van der Waals surface area contributed by atoms with E-state index in [1.54, 1.807) is 19.5 Å². The number of ether oxygens (including phenoxy) is 1. The molecule has 0 aliphatic rings. The van der Waals surface area contributed by atoms with Gasteiger partial charge in [0.25, 0.3) is 0 Å². The van der Waals surface area contributed by atoms with Crippen molar-refractivity contribution in [3.8, 4) is 5.75 Å². The molecule has 0 radical (unpaired) electrons. The van der Waals surface area contributed by atoms with Crippen molar-refractivity contribution in [2.45, 2.75) is 12.5 Å². The Morgan fingerprint density at radius 1 is 1.42 bits per heavy atom. The van der Waals surface area contributed by atoms with E-state index in [1.807, 2.05) is 24.3 Å². The minimum atomic E-state index is -0.157. The van der Waals surface area contributed by atoms with Crippen molar-refractivity contribution in [2.75, 3.05) is 7.11 Å². The standard InChI is InChI=1S/C14H14BrClN2O/c1-19-14-3-2-9(6-11(14)15)7-13(17)10-4-5-18-8-12(10)16/h2-6,8,13H,7,17H2,1H3. The van der Waals surface area contributed by atoms with E-state index < -0.39 is 0 Å². The molecule has 1 heterocycles. The first kappa shape index (κ1) is 14.3. The Labute approximate surface area is 125 Å². The Morgan fingerprint density at radius 3 is 2.84 bits per heavy atom. The van der Waals surface area contributed by atoms with Crippen molar-refractivity contribution in [3.05, 3.63) is 57.3 Å². The molecule has 0 bridgehead atoms. The van der Waals surface area contributed by atoms with Gasteiger partial charge in [0.05, 0.1) is 16.6 Å². The van der Waals surface area contributed by atoms with Crippen molar-refractivity contribution in [1.29, 1.82) is 0 Å². The van der Waals surface area contributed by atoms with E-state index in [9.17, 15) is 0 Å². The molecule has 1 unspecified atom stereocenters. The molecular formula is C14H14BrClN2O. The molecule has 2 N–H and O–H groups in total. The normalized spacial score (nSPS) is 12.2. The van der Waals surface area contributed by atoms with Gasteiger partial charge in [-0.3, -0.25) is 4.98 Å². The maximum Gasteiger partial charge on any atom is 0.133 e. The molecule has 1 aromatic carbocycles. The highest BCUT2D eigenvalue weighted by atomic mass is 79.9. The van der Waals surface area contributed by atoms with E-state index >= 15 is 0 Å². The molecule has 0 fully saturated rings. The summed E-state index contributed by atoms with van der Waals surface area (Å²) in [5.74, 6) is 0.805. The average molecular weight is 342 g/mol. The molecule has 19 heavy (non-hydrogen) atoms. The van der Waals surface area contributed by atoms with Crippen LogP contribution in [0.15, 0.2) is 41.1 Å². The molecule has 0 saturated heterocycles. The zero-order valence-corrected chi connectivity index (χ0v) is 12.8. The van der Waals surface area contributed by atoms with Gasteiger partial charge in [-0.05, 0) is 51.7 Å². The van der Waals surface area contributed by atoms with Crippen LogP contribution in [-0.4, -0.2) is 12.1 Å². The summed E-state index contributed by atoms with van der Waals surface area (Å²) in [6, 6.07) is 7.62. The Morgan fingerprint density at radius 2 is 2.21 bits per heavy atom. The quantitative estimate of drug-likeness (QED) is 0.921. The third-order valence-electron chi connectivity index (χ3n) is 2.88. The second-order valence-corrected chi connectivity index (χ2v) is 5.44. The van der Waals surface area contributed by atoms with E-state index in [-0.39, 0.29) is 6.04 Å². The highest BCUT2D eigenvalue weighted by Crippen LogP contribution is 2.28. The van der Waals surface area contributed by atoms with E-state index in [1.165, 1.54) is 0 Å². The first-order valence-electron chi connectivity index (χ1n) is 5.79. The fourth-order valence-electron chi connectivity index (χ4n) is 1.89. The second-order valence-electron chi connectivity index (χ2n) is 4.18. The number of aromatic nitrogens is 1. The van der Waals surface area contributed by atoms with Gasteiger partial charge in [0.2, 0.25) is 0 Å². The van der Waals surface area contributed by atoms with Crippen molar-refractivity contribution in [3.63, 3.8) is 0 Å². The molecular weight excluding hydrogens is 328 g/mol. The van der Waals surface area contributed by atoms with Crippen LogP contribution < -0.4 is 10.5 Å². The number of nitrogens with zero attached hydrogens (tertiary/aromatic N) is 1. The summed E-state index contributed by atoms with van der Waals surface area (Å²) in [4.78, 5) is 3.96. The number of pyridine rings is 1. The third-order valence-corrected chi connectivity index (χ3v) is 3.81. The van der Waals surface area contributed by atoms with Crippen molar-refractivity contribution < 1.29 is 4.74 Å². The third kappa shape index (κ3) is 3.47. The number of rotatable bonds is 4. The Balaban J connectivity index is 2.17. The molecule has 2 rings (SSSR count). The van der Waals surface area contributed by atoms with Crippen LogP contribution in [0.25, 0.3) is 0 Å². The zero-order valence-electron chi connectivity index (χ0n) is 10.4. The van der Waals surface area contributed by atoms with E-state index in [0.29, 0.717) is 11.4 Å². The van der Waals surface area contributed by atoms with Crippen molar-refractivity contribution >= 4 is 27.5 Å². The van der Waals surface area contributed by atoms with Crippen LogP contribution >= 0.6 is 27.5 Å². The molecule has 2 aromatic rings. The molecule has 0 spiro atoms. The van der Waals surface area contributed by atoms with Gasteiger partial charge >= 0.3 is 0 Å². The minimum Gasteiger partial charge on any atom is -0.496 e.